The molecule has 4 amide bonds. The molecule has 7 atom stereocenters. The van der Waals surface area contributed by atoms with E-state index in [2.05, 4.69) is 10.0 Å². The highest BCUT2D eigenvalue weighted by atomic mass is 32.2. The van der Waals surface area contributed by atoms with E-state index in [1.165, 1.54) is 45.2 Å². The molecule has 346 valence electrons. The first-order valence-corrected chi connectivity index (χ1v) is 22.8. The number of hydrogen-bond donors (Lipinski definition) is 3. The van der Waals surface area contributed by atoms with Crippen molar-refractivity contribution in [2.75, 3.05) is 13.7 Å². The average molecular weight is 916 g/mol. The first kappa shape index (κ1) is 46.5. The summed E-state index contributed by atoms with van der Waals surface area (Å²) in [6.45, 7) is 5.78. The van der Waals surface area contributed by atoms with Gasteiger partial charge < -0.3 is 24.8 Å². The lowest BCUT2D eigenvalue weighted by Gasteiger charge is -2.45. The summed E-state index contributed by atoms with van der Waals surface area (Å²) in [4.78, 5) is 62.9. The normalized spacial score (nSPS) is 27.8. The summed E-state index contributed by atoms with van der Waals surface area (Å²) in [6.07, 6.45) is -3.25. The van der Waals surface area contributed by atoms with E-state index in [1.54, 1.807) is 36.4 Å². The number of amides is 4. The third-order valence-electron chi connectivity index (χ3n) is 13.4. The van der Waals surface area contributed by atoms with E-state index in [-0.39, 0.29) is 36.0 Å². The lowest BCUT2D eigenvalue weighted by atomic mass is 9.85. The van der Waals surface area contributed by atoms with Crippen molar-refractivity contribution in [2.45, 2.75) is 120 Å². The molecule has 14 nitrogen and oxygen atoms in total. The summed E-state index contributed by atoms with van der Waals surface area (Å²) < 4.78 is 98.0. The Kier molecular flexibility index (Phi) is 12.2. The molecule has 2 aliphatic heterocycles. The Balaban J connectivity index is 1.32. The molecule has 1 aromatic heterocycles. The number of pyridine rings is 1. The van der Waals surface area contributed by atoms with Crippen molar-refractivity contribution < 1.29 is 59.7 Å². The predicted molar refractivity (Wildman–Crippen MR) is 227 cm³/mol. The number of carbonyl (C=O) groups is 4. The van der Waals surface area contributed by atoms with Crippen molar-refractivity contribution in [3.8, 4) is 22.9 Å². The van der Waals surface area contributed by atoms with Gasteiger partial charge in [0.25, 0.3) is 5.91 Å². The first-order valence-electron chi connectivity index (χ1n) is 21.3. The van der Waals surface area contributed by atoms with E-state index >= 15 is 4.79 Å². The number of benzene rings is 2. The minimum absolute atomic E-state index is 0.0191. The predicted octanol–water partition coefficient (Wildman–Crippen LogP) is 6.97. The van der Waals surface area contributed by atoms with E-state index in [4.69, 9.17) is 14.5 Å². The van der Waals surface area contributed by atoms with Crippen LogP contribution in [0.15, 0.2) is 60.7 Å². The maximum Gasteiger partial charge on any atom is 0.411 e. The zero-order chi connectivity index (χ0) is 46.7. The van der Waals surface area contributed by atoms with Gasteiger partial charge in [0.15, 0.2) is 0 Å². The standard InChI is InChI=1S/C45H53F4N5O9S/c1-25-9-7-8-10-29-23-44(29,40(57)52-64(60,61)43(5)17-18-43)51-37(55)35-22-32(24-53(35)39(56)36(26(2)19-25)54(41(58)59)42(3,4)45(47,48)49)63-38-33-16-15-31(62-6)20-28(33)21-34(50-38)27-11-13-30(46)14-12-27/h8,10-16,20-21,25-26,29,32,35-36H,7,9,17-19,22-24H2,1-6H3,(H,51,55)(H,52,57)(H,58,59)/b10-8-/t25-,26+,29+,32+,35-,36-,44+/m0/s1. The lowest BCUT2D eigenvalue weighted by molar-refractivity contribution is -0.222. The number of sulfonamides is 1. The maximum absolute atomic E-state index is 15.2. The number of hydrogen-bond acceptors (Lipinski definition) is 9. The second-order valence-electron chi connectivity index (χ2n) is 18.5. The van der Waals surface area contributed by atoms with Crippen molar-refractivity contribution >= 4 is 44.6 Å². The number of ether oxygens (including phenoxy) is 2. The first-order chi connectivity index (χ1) is 29.9. The van der Waals surface area contributed by atoms with Gasteiger partial charge in [-0.3, -0.25) is 24.0 Å². The Morgan fingerprint density at radius 2 is 1.73 bits per heavy atom. The summed E-state index contributed by atoms with van der Waals surface area (Å²) in [7, 11) is -2.67. The molecule has 0 radical (unpaired) electrons. The van der Waals surface area contributed by atoms with Crippen molar-refractivity contribution in [1.29, 1.82) is 0 Å². The summed E-state index contributed by atoms with van der Waals surface area (Å²) >= 11 is 0. The van der Waals surface area contributed by atoms with Crippen LogP contribution in [0.25, 0.3) is 22.0 Å². The van der Waals surface area contributed by atoms with Gasteiger partial charge >= 0.3 is 12.3 Å². The highest BCUT2D eigenvalue weighted by molar-refractivity contribution is 7.91. The summed E-state index contributed by atoms with van der Waals surface area (Å²) in [5.41, 5.74) is -3.95. The molecule has 2 aromatic carbocycles. The number of allylic oxidation sites excluding steroid dienone is 1. The monoisotopic (exact) mass is 915 g/mol. The van der Waals surface area contributed by atoms with Crippen molar-refractivity contribution in [3.63, 3.8) is 0 Å². The molecular formula is C45H53F4N5O9S. The van der Waals surface area contributed by atoms with Gasteiger partial charge in [0.05, 0.1) is 24.1 Å². The minimum Gasteiger partial charge on any atom is -0.497 e. The second-order valence-corrected chi connectivity index (χ2v) is 20.7. The molecule has 0 unspecified atom stereocenters. The Bertz CT molecular complexity index is 2480. The molecule has 0 spiro atoms. The summed E-state index contributed by atoms with van der Waals surface area (Å²) in [6, 6.07) is 8.85. The van der Waals surface area contributed by atoms with Gasteiger partial charge in [0, 0.05) is 23.3 Å². The molecule has 3 heterocycles. The number of nitrogens with one attached hydrogen (secondary N) is 2. The van der Waals surface area contributed by atoms with Gasteiger partial charge in [-0.25, -0.2) is 22.6 Å². The molecule has 64 heavy (non-hydrogen) atoms. The number of halogens is 4. The molecular weight excluding hydrogens is 863 g/mol. The van der Waals surface area contributed by atoms with Crippen LogP contribution in [0.3, 0.4) is 0 Å². The zero-order valence-electron chi connectivity index (χ0n) is 36.4. The number of rotatable bonds is 9. The number of alkyl halides is 3. The molecule has 19 heteroatoms. The van der Waals surface area contributed by atoms with Gasteiger partial charge in [0.2, 0.25) is 27.7 Å². The number of methoxy groups -OCH3 is 1. The third-order valence-corrected chi connectivity index (χ3v) is 15.6. The number of aromatic nitrogens is 1. The molecule has 0 bridgehead atoms. The fourth-order valence-corrected chi connectivity index (χ4v) is 10.2. The SMILES string of the molecule is COc1ccc2c(O[C@@H]3C[C@H]4C(=O)N[C@]5(C(=O)NS(=O)(=O)C6(C)CC6)C[C@H]5/C=C\CC[C@H](C)C[C@@H](C)[C@H](N(C(=O)O)C(C)(C)C(F)(F)F)C(=O)N4C3)nc(-c3ccc(F)cc3)cc2c1. The fraction of sp³-hybridized carbons (Fsp3) is 0.533. The molecule has 3 aromatic rings. The van der Waals surface area contributed by atoms with Crippen LogP contribution in [0.4, 0.5) is 22.4 Å². The Morgan fingerprint density at radius 1 is 1.05 bits per heavy atom. The molecule has 4 aliphatic rings. The van der Waals surface area contributed by atoms with E-state index in [0.29, 0.717) is 67.3 Å². The second kappa shape index (κ2) is 16.8. The van der Waals surface area contributed by atoms with Crippen molar-refractivity contribution in [2.24, 2.45) is 17.8 Å². The van der Waals surface area contributed by atoms with Crippen LogP contribution in [0, 0.1) is 23.6 Å². The van der Waals surface area contributed by atoms with Crippen LogP contribution in [0.5, 0.6) is 11.6 Å². The maximum atomic E-state index is 15.2. The van der Waals surface area contributed by atoms with Crippen LogP contribution < -0.4 is 19.5 Å². The van der Waals surface area contributed by atoms with Crippen LogP contribution in [0.1, 0.15) is 79.6 Å². The van der Waals surface area contributed by atoms with Crippen LogP contribution in [-0.2, 0) is 24.4 Å². The smallest absolute Gasteiger partial charge is 0.411 e. The van der Waals surface area contributed by atoms with Gasteiger partial charge in [-0.1, -0.05) is 26.0 Å². The summed E-state index contributed by atoms with van der Waals surface area (Å²) in [5.74, 6) is -4.79. The van der Waals surface area contributed by atoms with Gasteiger partial charge in [-0.15, -0.1) is 0 Å². The van der Waals surface area contributed by atoms with Gasteiger partial charge in [0.1, 0.15) is 40.8 Å². The quantitative estimate of drug-likeness (QED) is 0.150. The lowest BCUT2D eigenvalue weighted by Crippen LogP contribution is -2.66. The van der Waals surface area contributed by atoms with Crippen molar-refractivity contribution in [1.82, 2.24) is 24.8 Å². The van der Waals surface area contributed by atoms with Crippen LogP contribution in [-0.4, -0.2) is 106 Å². The van der Waals surface area contributed by atoms with Gasteiger partial charge in [-0.05, 0) is 125 Å². The number of nitrogens with zero attached hydrogens (tertiary/aromatic N) is 3. The largest absolute Gasteiger partial charge is 0.497 e. The van der Waals surface area contributed by atoms with Crippen molar-refractivity contribution in [3.05, 3.63) is 66.5 Å². The van der Waals surface area contributed by atoms with Crippen LogP contribution >= 0.6 is 0 Å². The highest BCUT2D eigenvalue weighted by Crippen LogP contribution is 2.48. The van der Waals surface area contributed by atoms with E-state index in [0.717, 1.165) is 4.90 Å². The van der Waals surface area contributed by atoms with E-state index in [1.807, 2.05) is 6.92 Å². The number of carboxylic acid groups (broad SMARTS) is 1. The number of fused-ring (bicyclic) bond motifs is 3. The van der Waals surface area contributed by atoms with Crippen LogP contribution in [0.2, 0.25) is 0 Å². The molecule has 3 fully saturated rings. The average Bonchev–Trinajstić information content (AvgIpc) is 4.10. The topological polar surface area (TPSA) is 185 Å². The Hall–Kier alpha value is -5.46. The number of carbonyl (C=O) groups excluding carboxylic acids is 3. The minimum atomic E-state index is -5.13. The van der Waals surface area contributed by atoms with Gasteiger partial charge in [-0.2, -0.15) is 13.2 Å². The molecule has 3 N–H and O–H groups in total. The third kappa shape index (κ3) is 8.83. The molecule has 2 saturated carbocycles. The molecule has 7 rings (SSSR count). The zero-order valence-corrected chi connectivity index (χ0v) is 37.2. The molecule has 2 aliphatic carbocycles. The Labute approximate surface area is 368 Å². The summed E-state index contributed by atoms with van der Waals surface area (Å²) in [5, 5.41) is 14.4. The van der Waals surface area contributed by atoms with E-state index < -0.39 is 98.2 Å². The fourth-order valence-electron chi connectivity index (χ4n) is 8.93. The van der Waals surface area contributed by atoms with E-state index in [9.17, 15) is 45.5 Å². The Morgan fingerprint density at radius 3 is 2.36 bits per heavy atom. The highest BCUT2D eigenvalue weighted by Gasteiger charge is 2.64. The molecule has 1 saturated heterocycles.